The van der Waals surface area contributed by atoms with Crippen LogP contribution in [-0.2, 0) is 11.2 Å². The molecule has 9 heteroatoms. The zero-order valence-corrected chi connectivity index (χ0v) is 20.6. The van der Waals surface area contributed by atoms with Crippen LogP contribution in [-0.4, -0.2) is 36.0 Å². The van der Waals surface area contributed by atoms with E-state index < -0.39 is 0 Å². The van der Waals surface area contributed by atoms with Gasteiger partial charge in [0, 0.05) is 28.9 Å². The first kappa shape index (κ1) is 22.6. The number of rotatable bonds is 6. The first-order valence-electron chi connectivity index (χ1n) is 12.4. The van der Waals surface area contributed by atoms with E-state index in [4.69, 9.17) is 9.40 Å². The summed E-state index contributed by atoms with van der Waals surface area (Å²) in [5, 5.41) is 11.5. The van der Waals surface area contributed by atoms with E-state index in [0.29, 0.717) is 22.6 Å². The number of hydrogen-bond acceptors (Lipinski definition) is 6. The van der Waals surface area contributed by atoms with Crippen molar-refractivity contribution in [3.05, 3.63) is 103 Å². The Morgan fingerprint density at radius 1 is 0.974 bits per heavy atom. The number of fused-ring (bicyclic) bond motifs is 2. The Morgan fingerprint density at radius 2 is 1.90 bits per heavy atom. The molecule has 0 saturated heterocycles. The van der Waals surface area contributed by atoms with Crippen LogP contribution in [0.3, 0.4) is 0 Å². The van der Waals surface area contributed by atoms with Crippen LogP contribution in [0.25, 0.3) is 55.8 Å². The molecule has 3 N–H and O–H groups in total. The van der Waals surface area contributed by atoms with Gasteiger partial charge in [-0.1, -0.05) is 30.3 Å². The molecule has 0 aliphatic carbocycles. The molecule has 7 aromatic rings. The van der Waals surface area contributed by atoms with Crippen molar-refractivity contribution < 1.29 is 9.21 Å². The van der Waals surface area contributed by atoms with Gasteiger partial charge in [0.2, 0.25) is 5.91 Å². The summed E-state index contributed by atoms with van der Waals surface area (Å²) < 4.78 is 5.28. The van der Waals surface area contributed by atoms with E-state index in [0.717, 1.165) is 44.5 Å². The summed E-state index contributed by atoms with van der Waals surface area (Å²) in [4.78, 5) is 29.7. The van der Waals surface area contributed by atoms with Crippen molar-refractivity contribution >= 4 is 33.7 Å². The zero-order chi connectivity index (χ0) is 26.2. The van der Waals surface area contributed by atoms with Crippen LogP contribution < -0.4 is 5.32 Å². The number of nitrogens with zero attached hydrogens (tertiary/aromatic N) is 4. The van der Waals surface area contributed by atoms with Crippen molar-refractivity contribution in [2.75, 3.05) is 5.32 Å². The van der Waals surface area contributed by atoms with Crippen molar-refractivity contribution in [1.82, 2.24) is 30.1 Å². The smallest absolute Gasteiger partial charge is 0.228 e. The van der Waals surface area contributed by atoms with Crippen molar-refractivity contribution in [1.29, 1.82) is 0 Å². The van der Waals surface area contributed by atoms with Crippen LogP contribution in [0.15, 0.2) is 102 Å². The molecule has 1 amide bonds. The lowest BCUT2D eigenvalue weighted by Crippen LogP contribution is -2.14. The predicted molar refractivity (Wildman–Crippen MR) is 149 cm³/mol. The molecule has 0 bridgehead atoms. The third-order valence-electron chi connectivity index (χ3n) is 6.55. The number of pyridine rings is 3. The molecule has 39 heavy (non-hydrogen) atoms. The number of benzene rings is 1. The fourth-order valence-electron chi connectivity index (χ4n) is 4.71. The number of nitrogens with one attached hydrogen (secondary N) is 3. The number of carbonyl (C=O) groups excluding carboxylic acids is 1. The molecule has 0 aliphatic rings. The SMILES string of the molecule is O=C(Cc1ccccc1)Nc1cncc(-c2ccc3[nH]nc(-c4cc5c(-c6ccoc6)ccnc5[nH]4)c3n2)c1. The van der Waals surface area contributed by atoms with Gasteiger partial charge in [-0.2, -0.15) is 5.10 Å². The van der Waals surface area contributed by atoms with Crippen LogP contribution in [0, 0.1) is 0 Å². The van der Waals surface area contributed by atoms with Crippen molar-refractivity contribution in [2.24, 2.45) is 0 Å². The number of hydrogen-bond donors (Lipinski definition) is 3. The second-order valence-corrected chi connectivity index (χ2v) is 9.15. The normalized spacial score (nSPS) is 11.3. The van der Waals surface area contributed by atoms with E-state index in [1.165, 1.54) is 0 Å². The molecule has 0 unspecified atom stereocenters. The third-order valence-corrected chi connectivity index (χ3v) is 6.55. The summed E-state index contributed by atoms with van der Waals surface area (Å²) in [6.07, 6.45) is 8.78. The lowest BCUT2D eigenvalue weighted by molar-refractivity contribution is -0.115. The highest BCUT2D eigenvalue weighted by molar-refractivity contribution is 5.99. The highest BCUT2D eigenvalue weighted by atomic mass is 16.3. The molecule has 0 spiro atoms. The minimum absolute atomic E-state index is 0.108. The number of aromatic nitrogens is 6. The lowest BCUT2D eigenvalue weighted by atomic mass is 10.1. The average molecular weight is 512 g/mol. The Morgan fingerprint density at radius 3 is 2.77 bits per heavy atom. The van der Waals surface area contributed by atoms with Crippen molar-refractivity contribution in [3.63, 3.8) is 0 Å². The maximum atomic E-state index is 12.6. The Hall–Kier alpha value is -5.57. The summed E-state index contributed by atoms with van der Waals surface area (Å²) in [6.45, 7) is 0. The predicted octanol–water partition coefficient (Wildman–Crippen LogP) is 6.00. The summed E-state index contributed by atoms with van der Waals surface area (Å²) in [6, 6.07) is 21.2. The molecule has 0 saturated carbocycles. The number of H-pyrrole nitrogens is 2. The van der Waals surface area contributed by atoms with Crippen LogP contribution in [0.5, 0.6) is 0 Å². The summed E-state index contributed by atoms with van der Waals surface area (Å²) in [5.74, 6) is -0.108. The van der Waals surface area contributed by atoms with Gasteiger partial charge < -0.3 is 14.7 Å². The van der Waals surface area contributed by atoms with Gasteiger partial charge in [0.1, 0.15) is 16.9 Å². The van der Waals surface area contributed by atoms with Gasteiger partial charge in [0.05, 0.1) is 47.7 Å². The van der Waals surface area contributed by atoms with Crippen molar-refractivity contribution in [3.8, 4) is 33.8 Å². The van der Waals surface area contributed by atoms with Gasteiger partial charge in [-0.15, -0.1) is 0 Å². The fourth-order valence-corrected chi connectivity index (χ4v) is 4.71. The Labute approximate surface area is 222 Å². The molecule has 0 atom stereocenters. The molecular weight excluding hydrogens is 490 g/mol. The van der Waals surface area contributed by atoms with E-state index >= 15 is 0 Å². The maximum Gasteiger partial charge on any atom is 0.228 e. The molecule has 0 fully saturated rings. The number of furan rings is 1. The van der Waals surface area contributed by atoms with E-state index in [9.17, 15) is 4.79 Å². The Balaban J connectivity index is 1.21. The number of carbonyl (C=O) groups is 1. The molecule has 6 heterocycles. The summed E-state index contributed by atoms with van der Waals surface area (Å²) in [5.41, 5.74) is 8.78. The standard InChI is InChI=1S/C30H21N7O2/c38-27(12-18-4-2-1-3-5-18)33-21-13-20(15-31-16-21)24-6-7-25-28(34-24)29(37-36-25)26-14-23-22(19-9-11-39-17-19)8-10-32-30(23)35-26/h1-11,13-17H,12H2,(H,32,35)(H,33,38)(H,36,37). The molecule has 1 aromatic carbocycles. The molecule has 6 aromatic heterocycles. The van der Waals surface area contributed by atoms with Crippen LogP contribution >= 0.6 is 0 Å². The van der Waals surface area contributed by atoms with Crippen LogP contribution in [0.4, 0.5) is 5.69 Å². The molecular formula is C30H21N7O2. The van der Waals surface area contributed by atoms with Gasteiger partial charge in [0.25, 0.3) is 0 Å². The number of aromatic amines is 2. The second kappa shape index (κ2) is 9.38. The highest BCUT2D eigenvalue weighted by Gasteiger charge is 2.16. The summed E-state index contributed by atoms with van der Waals surface area (Å²) in [7, 11) is 0. The van der Waals surface area contributed by atoms with Gasteiger partial charge in [-0.25, -0.2) is 9.97 Å². The van der Waals surface area contributed by atoms with Gasteiger partial charge in [-0.05, 0) is 47.5 Å². The molecule has 188 valence electrons. The first-order chi connectivity index (χ1) is 19.2. The Bertz CT molecular complexity index is 1940. The summed E-state index contributed by atoms with van der Waals surface area (Å²) >= 11 is 0. The molecule has 9 nitrogen and oxygen atoms in total. The zero-order valence-electron chi connectivity index (χ0n) is 20.6. The van der Waals surface area contributed by atoms with E-state index in [1.807, 2.05) is 66.7 Å². The van der Waals surface area contributed by atoms with Crippen LogP contribution in [0.1, 0.15) is 5.56 Å². The Kier molecular flexibility index (Phi) is 5.44. The van der Waals surface area contributed by atoms with E-state index in [2.05, 4.69) is 30.5 Å². The highest BCUT2D eigenvalue weighted by Crippen LogP contribution is 2.33. The van der Waals surface area contributed by atoms with Gasteiger partial charge in [-0.3, -0.25) is 14.9 Å². The minimum Gasteiger partial charge on any atom is -0.472 e. The third kappa shape index (κ3) is 4.31. The maximum absolute atomic E-state index is 12.6. The van der Waals surface area contributed by atoms with Gasteiger partial charge in [0.15, 0.2) is 0 Å². The molecule has 7 rings (SSSR count). The van der Waals surface area contributed by atoms with Crippen LogP contribution in [0.2, 0.25) is 0 Å². The largest absolute Gasteiger partial charge is 0.472 e. The number of amides is 1. The first-order valence-corrected chi connectivity index (χ1v) is 12.4. The lowest BCUT2D eigenvalue weighted by Gasteiger charge is -2.07. The van der Waals surface area contributed by atoms with Gasteiger partial charge >= 0.3 is 0 Å². The van der Waals surface area contributed by atoms with E-state index in [1.54, 1.807) is 31.1 Å². The van der Waals surface area contributed by atoms with E-state index in [-0.39, 0.29) is 12.3 Å². The monoisotopic (exact) mass is 511 g/mol. The minimum atomic E-state index is -0.108. The fraction of sp³-hybridized carbons (Fsp3) is 0.0333. The average Bonchev–Trinajstić information content (AvgIpc) is 3.73. The second-order valence-electron chi connectivity index (χ2n) is 9.15. The topological polar surface area (TPSA) is 125 Å². The molecule has 0 aliphatic heterocycles. The van der Waals surface area contributed by atoms with Crippen molar-refractivity contribution in [2.45, 2.75) is 6.42 Å². The number of anilines is 1. The molecule has 0 radical (unpaired) electrons. The quantitative estimate of drug-likeness (QED) is 0.251.